The van der Waals surface area contributed by atoms with Gasteiger partial charge in [0, 0.05) is 18.8 Å². The summed E-state index contributed by atoms with van der Waals surface area (Å²) in [5.41, 5.74) is 7.49. The number of likely N-dealkylation sites (tertiary alicyclic amines) is 1. The van der Waals surface area contributed by atoms with Crippen molar-refractivity contribution in [1.29, 1.82) is 0 Å². The molecule has 140 valence electrons. The van der Waals surface area contributed by atoms with Gasteiger partial charge in [-0.05, 0) is 55.8 Å². The number of carbonyl (C=O) groups is 1. The van der Waals surface area contributed by atoms with Gasteiger partial charge in [-0.2, -0.15) is 0 Å². The van der Waals surface area contributed by atoms with Crippen molar-refractivity contribution >= 4 is 28.7 Å². The number of hydrogen-bond acceptors (Lipinski definition) is 3. The largest absolute Gasteiger partial charge is 0.489 e. The molecule has 0 bridgehead atoms. The lowest BCUT2D eigenvalue weighted by atomic mass is 10.2. The highest BCUT2D eigenvalue weighted by Crippen LogP contribution is 2.20. The molecule has 1 heterocycles. The Balaban J connectivity index is 0.00000243. The van der Waals surface area contributed by atoms with E-state index < -0.39 is 6.03 Å². The van der Waals surface area contributed by atoms with E-state index in [4.69, 9.17) is 10.5 Å². The molecule has 2 amide bonds. The van der Waals surface area contributed by atoms with Gasteiger partial charge in [0.2, 0.25) is 0 Å². The van der Waals surface area contributed by atoms with Gasteiger partial charge in [-0.15, -0.1) is 17.0 Å². The summed E-state index contributed by atoms with van der Waals surface area (Å²) in [7, 11) is 0. The molecule has 0 radical (unpaired) electrons. The summed E-state index contributed by atoms with van der Waals surface area (Å²) in [6.07, 6.45) is 2.48. The molecule has 0 saturated carbocycles. The van der Waals surface area contributed by atoms with Crippen LogP contribution >= 0.6 is 17.0 Å². The lowest BCUT2D eigenvalue weighted by Gasteiger charge is -2.24. The van der Waals surface area contributed by atoms with Crippen LogP contribution in [0.15, 0.2) is 54.6 Å². The second-order valence-electron chi connectivity index (χ2n) is 6.31. The molecule has 0 spiro atoms. The van der Waals surface area contributed by atoms with Crippen LogP contribution in [0.25, 0.3) is 0 Å². The van der Waals surface area contributed by atoms with Crippen molar-refractivity contribution in [3.05, 3.63) is 60.2 Å². The molecular formula is C20H26BrN3O2. The maximum Gasteiger partial charge on any atom is 0.319 e. The quantitative estimate of drug-likeness (QED) is 0.741. The zero-order valence-electron chi connectivity index (χ0n) is 14.8. The highest BCUT2D eigenvalue weighted by atomic mass is 79.9. The number of urea groups is 1. The first-order chi connectivity index (χ1) is 12.2. The van der Waals surface area contributed by atoms with Gasteiger partial charge >= 0.3 is 6.03 Å². The first-order valence-electron chi connectivity index (χ1n) is 8.78. The number of hydrogen-bond donors (Lipinski definition) is 1. The van der Waals surface area contributed by atoms with Gasteiger partial charge in [-0.3, -0.25) is 4.90 Å². The average molecular weight is 420 g/mol. The molecule has 1 aliphatic heterocycles. The maximum absolute atomic E-state index is 11.8. The molecule has 3 rings (SSSR count). The number of amides is 2. The van der Waals surface area contributed by atoms with Gasteiger partial charge in [0.15, 0.2) is 0 Å². The number of nitrogens with zero attached hydrogens (tertiary/aromatic N) is 2. The van der Waals surface area contributed by atoms with Crippen molar-refractivity contribution < 1.29 is 9.53 Å². The van der Waals surface area contributed by atoms with Gasteiger partial charge < -0.3 is 15.4 Å². The second-order valence-corrected chi connectivity index (χ2v) is 6.31. The zero-order chi connectivity index (χ0) is 17.5. The van der Waals surface area contributed by atoms with Crippen LogP contribution in [-0.4, -0.2) is 37.1 Å². The van der Waals surface area contributed by atoms with E-state index >= 15 is 0 Å². The van der Waals surface area contributed by atoms with Gasteiger partial charge in [0.1, 0.15) is 12.4 Å². The van der Waals surface area contributed by atoms with Crippen LogP contribution < -0.4 is 15.4 Å². The first-order valence-corrected chi connectivity index (χ1v) is 8.78. The first kappa shape index (κ1) is 20.3. The van der Waals surface area contributed by atoms with Crippen molar-refractivity contribution in [3.8, 4) is 5.75 Å². The monoisotopic (exact) mass is 419 g/mol. The van der Waals surface area contributed by atoms with Crippen LogP contribution in [0.5, 0.6) is 5.75 Å². The normalized spacial score (nSPS) is 13.8. The van der Waals surface area contributed by atoms with Crippen LogP contribution in [0.4, 0.5) is 10.5 Å². The van der Waals surface area contributed by atoms with E-state index in [1.165, 1.54) is 12.8 Å². The fourth-order valence-corrected chi connectivity index (χ4v) is 3.08. The number of primary amides is 1. The van der Waals surface area contributed by atoms with Gasteiger partial charge in [-0.1, -0.05) is 30.3 Å². The van der Waals surface area contributed by atoms with Crippen LogP contribution in [-0.2, 0) is 6.61 Å². The number of anilines is 1. The topological polar surface area (TPSA) is 58.8 Å². The highest BCUT2D eigenvalue weighted by Gasteiger charge is 2.16. The summed E-state index contributed by atoms with van der Waals surface area (Å²) < 4.78 is 5.79. The minimum Gasteiger partial charge on any atom is -0.489 e. The molecule has 0 aliphatic carbocycles. The van der Waals surface area contributed by atoms with E-state index in [0.29, 0.717) is 13.2 Å². The maximum atomic E-state index is 11.8. The van der Waals surface area contributed by atoms with Crippen molar-refractivity contribution in [1.82, 2.24) is 4.90 Å². The van der Waals surface area contributed by atoms with Crippen molar-refractivity contribution in [2.45, 2.75) is 19.4 Å². The van der Waals surface area contributed by atoms with E-state index in [9.17, 15) is 4.79 Å². The summed E-state index contributed by atoms with van der Waals surface area (Å²) in [4.78, 5) is 15.8. The van der Waals surface area contributed by atoms with Gasteiger partial charge in [-0.25, -0.2) is 4.79 Å². The predicted molar refractivity (Wildman–Crippen MR) is 110 cm³/mol. The highest BCUT2D eigenvalue weighted by molar-refractivity contribution is 8.93. The molecule has 26 heavy (non-hydrogen) atoms. The van der Waals surface area contributed by atoms with Crippen LogP contribution in [0.2, 0.25) is 0 Å². The fourth-order valence-electron chi connectivity index (χ4n) is 3.08. The van der Waals surface area contributed by atoms with E-state index in [1.807, 2.05) is 54.6 Å². The third-order valence-electron chi connectivity index (χ3n) is 4.50. The molecule has 6 heteroatoms. The van der Waals surface area contributed by atoms with E-state index in [0.717, 1.165) is 36.6 Å². The summed E-state index contributed by atoms with van der Waals surface area (Å²) in [6, 6.07) is 17.1. The van der Waals surface area contributed by atoms with E-state index in [2.05, 4.69) is 4.90 Å². The number of halogens is 1. The molecule has 2 N–H and O–H groups in total. The third kappa shape index (κ3) is 5.75. The predicted octanol–water partition coefficient (Wildman–Crippen LogP) is 3.82. The van der Waals surface area contributed by atoms with Crippen molar-refractivity contribution in [2.24, 2.45) is 5.73 Å². The lowest BCUT2D eigenvalue weighted by molar-refractivity contribution is 0.252. The molecule has 5 nitrogen and oxygen atoms in total. The standard InChI is InChI=1S/C20H25N3O2.BrH/c21-20(24)23(15-14-22-12-4-5-13-22)18-8-10-19(11-9-18)25-16-17-6-2-1-3-7-17;/h1-3,6-11H,4-5,12-16H2,(H2,21,24);1H. The molecule has 1 aliphatic rings. The Labute approximate surface area is 165 Å². The lowest BCUT2D eigenvalue weighted by Crippen LogP contribution is -2.41. The molecule has 1 saturated heterocycles. The van der Waals surface area contributed by atoms with Gasteiger partial charge in [0.25, 0.3) is 0 Å². The summed E-state index contributed by atoms with van der Waals surface area (Å²) in [5, 5.41) is 0. The van der Waals surface area contributed by atoms with Crippen molar-refractivity contribution in [2.75, 3.05) is 31.1 Å². The molecule has 0 aromatic heterocycles. The molecular weight excluding hydrogens is 394 g/mol. The Morgan fingerprint density at radius 1 is 1.04 bits per heavy atom. The third-order valence-corrected chi connectivity index (χ3v) is 4.50. The zero-order valence-corrected chi connectivity index (χ0v) is 16.6. The SMILES string of the molecule is Br.NC(=O)N(CCN1CCCC1)c1ccc(OCc2ccccc2)cc1. The number of rotatable bonds is 7. The Morgan fingerprint density at radius 3 is 2.31 bits per heavy atom. The van der Waals surface area contributed by atoms with E-state index in [-0.39, 0.29) is 17.0 Å². The van der Waals surface area contributed by atoms with Crippen LogP contribution in [0.3, 0.4) is 0 Å². The minimum atomic E-state index is -0.419. The van der Waals surface area contributed by atoms with Crippen LogP contribution in [0, 0.1) is 0 Å². The summed E-state index contributed by atoms with van der Waals surface area (Å²) in [6.45, 7) is 4.21. The number of nitrogens with two attached hydrogens (primary N) is 1. The van der Waals surface area contributed by atoms with Crippen molar-refractivity contribution in [3.63, 3.8) is 0 Å². The Bertz CT molecular complexity index is 673. The average Bonchev–Trinajstić information content (AvgIpc) is 3.15. The molecule has 1 fully saturated rings. The Kier molecular flexibility index (Phi) is 7.94. The Hall–Kier alpha value is -2.05. The van der Waals surface area contributed by atoms with E-state index in [1.54, 1.807) is 4.90 Å². The number of ether oxygens (including phenoxy) is 1. The van der Waals surface area contributed by atoms with Crippen LogP contribution in [0.1, 0.15) is 18.4 Å². The number of carbonyl (C=O) groups excluding carboxylic acids is 1. The summed E-state index contributed by atoms with van der Waals surface area (Å²) in [5.74, 6) is 0.775. The molecule has 0 unspecified atom stereocenters. The minimum absolute atomic E-state index is 0. The summed E-state index contributed by atoms with van der Waals surface area (Å²) >= 11 is 0. The smallest absolute Gasteiger partial charge is 0.319 e. The number of benzene rings is 2. The fraction of sp³-hybridized carbons (Fsp3) is 0.350. The second kappa shape index (κ2) is 10.2. The van der Waals surface area contributed by atoms with Gasteiger partial charge in [0.05, 0.1) is 0 Å². The molecule has 2 aromatic carbocycles. The Morgan fingerprint density at radius 2 is 1.69 bits per heavy atom. The molecule has 0 atom stereocenters. The molecule has 2 aromatic rings.